The Balaban J connectivity index is 2.99. The number of aryl methyl sites for hydroxylation is 1. The summed E-state index contributed by atoms with van der Waals surface area (Å²) in [5, 5.41) is 8.96. The van der Waals surface area contributed by atoms with Crippen LogP contribution in [0.2, 0.25) is 0 Å². The first kappa shape index (κ1) is 17.6. The summed E-state index contributed by atoms with van der Waals surface area (Å²) in [6.45, 7) is 5.74. The quantitative estimate of drug-likeness (QED) is 0.756. The average molecular weight is 317 g/mol. The Morgan fingerprint density at radius 3 is 2.52 bits per heavy atom. The SMILES string of the molecule is CCCCC(NS(=O)(=O)c1cn(C)c(C(C)C)n1)C(=O)O. The third-order valence-corrected chi connectivity index (χ3v) is 4.47. The van der Waals surface area contributed by atoms with Gasteiger partial charge in [0.2, 0.25) is 0 Å². The molecule has 0 saturated heterocycles. The highest BCUT2D eigenvalue weighted by molar-refractivity contribution is 7.89. The summed E-state index contributed by atoms with van der Waals surface area (Å²) in [7, 11) is -2.22. The van der Waals surface area contributed by atoms with Crippen molar-refractivity contribution in [2.75, 3.05) is 0 Å². The molecule has 1 aromatic heterocycles. The van der Waals surface area contributed by atoms with Gasteiger partial charge < -0.3 is 9.67 Å². The molecule has 0 saturated carbocycles. The maximum absolute atomic E-state index is 12.2. The minimum Gasteiger partial charge on any atom is -0.480 e. The molecule has 0 radical (unpaired) electrons. The lowest BCUT2D eigenvalue weighted by Gasteiger charge is -2.13. The predicted molar refractivity (Wildman–Crippen MR) is 78.6 cm³/mol. The second-order valence-corrected chi connectivity index (χ2v) is 7.02. The maximum atomic E-state index is 12.2. The Bertz CT molecular complexity index is 593. The molecule has 1 atom stereocenters. The molecule has 2 N–H and O–H groups in total. The number of carboxylic acid groups (broad SMARTS) is 1. The number of nitrogens with one attached hydrogen (secondary N) is 1. The van der Waals surface area contributed by atoms with Gasteiger partial charge in [-0.25, -0.2) is 13.4 Å². The number of carbonyl (C=O) groups is 1. The summed E-state index contributed by atoms with van der Waals surface area (Å²) in [6.07, 6.45) is 3.09. The summed E-state index contributed by atoms with van der Waals surface area (Å²) >= 11 is 0. The maximum Gasteiger partial charge on any atom is 0.321 e. The van der Waals surface area contributed by atoms with Gasteiger partial charge in [-0.05, 0) is 6.42 Å². The summed E-state index contributed by atoms with van der Waals surface area (Å²) < 4.78 is 28.4. The third-order valence-electron chi connectivity index (χ3n) is 3.12. The van der Waals surface area contributed by atoms with Gasteiger partial charge in [0.25, 0.3) is 10.0 Å². The zero-order chi connectivity index (χ0) is 16.2. The van der Waals surface area contributed by atoms with Crippen LogP contribution in [0.1, 0.15) is 51.8 Å². The van der Waals surface area contributed by atoms with Crippen molar-refractivity contribution >= 4 is 16.0 Å². The number of carboxylic acids is 1. The fraction of sp³-hybridized carbons (Fsp3) is 0.692. The minimum absolute atomic E-state index is 0.0781. The lowest BCUT2D eigenvalue weighted by molar-refractivity contribution is -0.139. The predicted octanol–water partition coefficient (Wildman–Crippen LogP) is 1.47. The Labute approximate surface area is 125 Å². The largest absolute Gasteiger partial charge is 0.480 e. The van der Waals surface area contributed by atoms with E-state index in [1.807, 2.05) is 20.8 Å². The molecule has 8 heteroatoms. The van der Waals surface area contributed by atoms with Gasteiger partial charge in [-0.3, -0.25) is 4.79 Å². The van der Waals surface area contributed by atoms with Crippen LogP contribution in [0.15, 0.2) is 11.2 Å². The number of hydrogen-bond donors (Lipinski definition) is 2. The van der Waals surface area contributed by atoms with Gasteiger partial charge >= 0.3 is 5.97 Å². The van der Waals surface area contributed by atoms with E-state index in [0.717, 1.165) is 6.42 Å². The fourth-order valence-corrected chi connectivity index (χ4v) is 3.23. The van der Waals surface area contributed by atoms with Gasteiger partial charge in [-0.1, -0.05) is 33.6 Å². The highest BCUT2D eigenvalue weighted by Crippen LogP contribution is 2.16. The molecule has 1 rings (SSSR count). The van der Waals surface area contributed by atoms with Gasteiger partial charge in [-0.15, -0.1) is 0 Å². The topological polar surface area (TPSA) is 101 Å². The number of nitrogens with zero attached hydrogens (tertiary/aromatic N) is 2. The van der Waals surface area contributed by atoms with Crippen LogP contribution in [0.4, 0.5) is 0 Å². The molecule has 0 aliphatic heterocycles. The van der Waals surface area contributed by atoms with Crippen LogP contribution >= 0.6 is 0 Å². The van der Waals surface area contributed by atoms with E-state index >= 15 is 0 Å². The van der Waals surface area contributed by atoms with E-state index in [1.54, 1.807) is 11.6 Å². The fourth-order valence-electron chi connectivity index (χ4n) is 2.01. The summed E-state index contributed by atoms with van der Waals surface area (Å²) in [5.74, 6) is -0.461. The summed E-state index contributed by atoms with van der Waals surface area (Å²) in [6, 6.07) is -1.13. The molecule has 7 nitrogen and oxygen atoms in total. The molecule has 0 spiro atoms. The number of imidazole rings is 1. The van der Waals surface area contributed by atoms with Crippen molar-refractivity contribution in [2.45, 2.75) is 57.0 Å². The van der Waals surface area contributed by atoms with Crippen LogP contribution in [0.5, 0.6) is 0 Å². The molecule has 120 valence electrons. The van der Waals surface area contributed by atoms with Crippen molar-refractivity contribution in [3.63, 3.8) is 0 Å². The van der Waals surface area contributed by atoms with E-state index in [2.05, 4.69) is 9.71 Å². The van der Waals surface area contributed by atoms with Crippen LogP contribution in [0.25, 0.3) is 0 Å². The second kappa shape index (κ2) is 7.04. The van der Waals surface area contributed by atoms with Crippen LogP contribution in [0, 0.1) is 0 Å². The lowest BCUT2D eigenvalue weighted by Crippen LogP contribution is -2.40. The van der Waals surface area contributed by atoms with Crippen LogP contribution in [-0.4, -0.2) is 35.1 Å². The highest BCUT2D eigenvalue weighted by Gasteiger charge is 2.27. The van der Waals surface area contributed by atoms with Gasteiger partial charge in [0.05, 0.1) is 0 Å². The smallest absolute Gasteiger partial charge is 0.321 e. The van der Waals surface area contributed by atoms with Crippen molar-refractivity contribution in [1.82, 2.24) is 14.3 Å². The van der Waals surface area contributed by atoms with Crippen molar-refractivity contribution in [2.24, 2.45) is 7.05 Å². The normalized spacial score (nSPS) is 13.6. The van der Waals surface area contributed by atoms with E-state index in [9.17, 15) is 13.2 Å². The van der Waals surface area contributed by atoms with E-state index < -0.39 is 22.0 Å². The standard InChI is InChI=1S/C13H23N3O4S/c1-5-6-7-10(13(17)18)15-21(19,20)11-8-16(4)12(14-11)9(2)3/h8-10,15H,5-7H2,1-4H3,(H,17,18). The van der Waals surface area contributed by atoms with Crippen molar-refractivity contribution in [3.8, 4) is 0 Å². The first-order chi connectivity index (χ1) is 9.69. The summed E-state index contributed by atoms with van der Waals surface area (Å²) in [5.41, 5.74) is 0. The van der Waals surface area contributed by atoms with E-state index in [-0.39, 0.29) is 17.4 Å². The molecule has 1 aromatic rings. The molecule has 1 unspecified atom stereocenters. The molecule has 0 amide bonds. The molecule has 0 aliphatic carbocycles. The number of unbranched alkanes of at least 4 members (excludes halogenated alkanes) is 1. The average Bonchev–Trinajstić information content (AvgIpc) is 2.77. The molecule has 0 bridgehead atoms. The second-order valence-electron chi connectivity index (χ2n) is 5.36. The number of hydrogen-bond acceptors (Lipinski definition) is 4. The number of rotatable bonds is 8. The van der Waals surface area contributed by atoms with E-state index in [0.29, 0.717) is 12.2 Å². The van der Waals surface area contributed by atoms with Crippen molar-refractivity contribution < 1.29 is 18.3 Å². The van der Waals surface area contributed by atoms with Gasteiger partial charge in [0, 0.05) is 19.2 Å². The first-order valence-corrected chi connectivity index (χ1v) is 8.45. The third kappa shape index (κ3) is 4.53. The van der Waals surface area contributed by atoms with Crippen LogP contribution in [-0.2, 0) is 21.9 Å². The monoisotopic (exact) mass is 317 g/mol. The molecule has 0 aliphatic rings. The van der Waals surface area contributed by atoms with Crippen molar-refractivity contribution in [3.05, 3.63) is 12.0 Å². The van der Waals surface area contributed by atoms with E-state index in [4.69, 9.17) is 5.11 Å². The Morgan fingerprint density at radius 1 is 1.48 bits per heavy atom. The number of aliphatic carboxylic acids is 1. The van der Waals surface area contributed by atoms with Gasteiger partial charge in [0.15, 0.2) is 5.03 Å². The summed E-state index contributed by atoms with van der Waals surface area (Å²) in [4.78, 5) is 15.2. The highest BCUT2D eigenvalue weighted by atomic mass is 32.2. The molecule has 21 heavy (non-hydrogen) atoms. The molecule has 0 fully saturated rings. The Hall–Kier alpha value is -1.41. The lowest BCUT2D eigenvalue weighted by atomic mass is 10.1. The van der Waals surface area contributed by atoms with E-state index in [1.165, 1.54) is 6.20 Å². The molecule has 0 aromatic carbocycles. The zero-order valence-corrected chi connectivity index (χ0v) is 13.6. The van der Waals surface area contributed by atoms with Gasteiger partial charge in [0.1, 0.15) is 11.9 Å². The zero-order valence-electron chi connectivity index (χ0n) is 12.8. The number of aromatic nitrogens is 2. The van der Waals surface area contributed by atoms with Crippen molar-refractivity contribution in [1.29, 1.82) is 0 Å². The number of sulfonamides is 1. The first-order valence-electron chi connectivity index (χ1n) is 6.97. The van der Waals surface area contributed by atoms with Crippen LogP contribution in [0.3, 0.4) is 0 Å². The van der Waals surface area contributed by atoms with Gasteiger partial charge in [-0.2, -0.15) is 4.72 Å². The van der Waals surface area contributed by atoms with Crippen LogP contribution < -0.4 is 4.72 Å². The molecular formula is C13H23N3O4S. The molecule has 1 heterocycles. The Morgan fingerprint density at radius 2 is 2.10 bits per heavy atom. The Kier molecular flexibility index (Phi) is 5.91. The molecular weight excluding hydrogens is 294 g/mol. The minimum atomic E-state index is -3.93.